The predicted molar refractivity (Wildman–Crippen MR) is 108 cm³/mol. The molecule has 0 aromatic heterocycles. The molecule has 0 aliphatic rings. The fraction of sp³-hybridized carbons (Fsp3) is 0.714. The Morgan fingerprint density at radius 3 is 1.83 bits per heavy atom. The SMILES string of the molecule is CCCCCCCCCCCCNCCNCc1ccc(Cl)cc1. The van der Waals surface area contributed by atoms with Gasteiger partial charge in [0.1, 0.15) is 0 Å². The molecule has 0 unspecified atom stereocenters. The number of benzene rings is 1. The molecule has 0 aliphatic carbocycles. The van der Waals surface area contributed by atoms with Gasteiger partial charge in [-0.15, -0.1) is 0 Å². The molecule has 3 heteroatoms. The quantitative estimate of drug-likeness (QED) is 0.360. The van der Waals surface area contributed by atoms with Crippen LogP contribution < -0.4 is 10.6 Å². The summed E-state index contributed by atoms with van der Waals surface area (Å²) in [5.74, 6) is 0. The number of unbranched alkanes of at least 4 members (excludes halogenated alkanes) is 9. The minimum Gasteiger partial charge on any atom is -0.315 e. The molecular formula is C21H37ClN2. The molecule has 2 nitrogen and oxygen atoms in total. The Morgan fingerprint density at radius 2 is 1.21 bits per heavy atom. The van der Waals surface area contributed by atoms with Crippen LogP contribution in [0.3, 0.4) is 0 Å². The van der Waals surface area contributed by atoms with Gasteiger partial charge in [-0.05, 0) is 30.7 Å². The maximum atomic E-state index is 5.88. The van der Waals surface area contributed by atoms with Crippen LogP contribution in [-0.4, -0.2) is 19.6 Å². The second kappa shape index (κ2) is 15.9. The maximum absolute atomic E-state index is 5.88. The Balaban J connectivity index is 1.75. The van der Waals surface area contributed by atoms with E-state index in [1.807, 2.05) is 12.1 Å². The molecule has 0 bridgehead atoms. The van der Waals surface area contributed by atoms with Crippen LogP contribution in [0.1, 0.15) is 76.7 Å². The Bertz CT molecular complexity index is 378. The lowest BCUT2D eigenvalue weighted by Crippen LogP contribution is -2.27. The van der Waals surface area contributed by atoms with Crippen molar-refractivity contribution in [2.24, 2.45) is 0 Å². The standard InChI is InChI=1S/C21H37ClN2/c1-2-3-4-5-6-7-8-9-10-11-16-23-17-18-24-19-20-12-14-21(22)15-13-20/h12-15,23-24H,2-11,16-19H2,1H3. The number of halogens is 1. The molecule has 24 heavy (non-hydrogen) atoms. The summed E-state index contributed by atoms with van der Waals surface area (Å²) in [6.07, 6.45) is 14.0. The first-order chi connectivity index (χ1) is 11.8. The molecule has 1 rings (SSSR count). The summed E-state index contributed by atoms with van der Waals surface area (Å²) in [6.45, 7) is 6.41. The van der Waals surface area contributed by atoms with Crippen molar-refractivity contribution in [2.75, 3.05) is 19.6 Å². The van der Waals surface area contributed by atoms with E-state index in [2.05, 4.69) is 29.7 Å². The normalized spacial score (nSPS) is 11.1. The van der Waals surface area contributed by atoms with Gasteiger partial charge in [-0.2, -0.15) is 0 Å². The smallest absolute Gasteiger partial charge is 0.0406 e. The molecule has 0 saturated carbocycles. The Morgan fingerprint density at radius 1 is 0.667 bits per heavy atom. The molecule has 0 heterocycles. The molecule has 0 amide bonds. The van der Waals surface area contributed by atoms with Crippen molar-refractivity contribution in [3.8, 4) is 0 Å². The number of hydrogen-bond donors (Lipinski definition) is 2. The zero-order chi connectivity index (χ0) is 17.3. The maximum Gasteiger partial charge on any atom is 0.0406 e. The molecule has 0 fully saturated rings. The van der Waals surface area contributed by atoms with Crippen molar-refractivity contribution in [1.29, 1.82) is 0 Å². The highest BCUT2D eigenvalue weighted by atomic mass is 35.5. The third-order valence-corrected chi connectivity index (χ3v) is 4.68. The zero-order valence-electron chi connectivity index (χ0n) is 15.6. The van der Waals surface area contributed by atoms with E-state index in [-0.39, 0.29) is 0 Å². The summed E-state index contributed by atoms with van der Waals surface area (Å²) in [7, 11) is 0. The van der Waals surface area contributed by atoms with Crippen LogP contribution in [0.2, 0.25) is 5.02 Å². The molecule has 0 atom stereocenters. The predicted octanol–water partition coefficient (Wildman–Crippen LogP) is 5.94. The highest BCUT2D eigenvalue weighted by molar-refractivity contribution is 6.30. The average Bonchev–Trinajstić information content (AvgIpc) is 2.60. The van der Waals surface area contributed by atoms with Crippen LogP contribution in [0.4, 0.5) is 0 Å². The molecule has 1 aromatic carbocycles. The largest absolute Gasteiger partial charge is 0.315 e. The lowest BCUT2D eigenvalue weighted by atomic mass is 10.1. The summed E-state index contributed by atoms with van der Waals surface area (Å²) < 4.78 is 0. The fourth-order valence-corrected chi connectivity index (χ4v) is 3.00. The molecule has 0 radical (unpaired) electrons. The minimum absolute atomic E-state index is 0.803. The van der Waals surface area contributed by atoms with Crippen molar-refractivity contribution < 1.29 is 0 Å². The first-order valence-corrected chi connectivity index (χ1v) is 10.4. The van der Waals surface area contributed by atoms with Gasteiger partial charge >= 0.3 is 0 Å². The fourth-order valence-electron chi connectivity index (χ4n) is 2.87. The topological polar surface area (TPSA) is 24.1 Å². The van der Waals surface area contributed by atoms with Crippen molar-refractivity contribution >= 4 is 11.6 Å². The van der Waals surface area contributed by atoms with Gasteiger partial charge in [0.15, 0.2) is 0 Å². The summed E-state index contributed by atoms with van der Waals surface area (Å²) in [6, 6.07) is 8.04. The van der Waals surface area contributed by atoms with Crippen LogP contribution >= 0.6 is 11.6 Å². The minimum atomic E-state index is 0.803. The van der Waals surface area contributed by atoms with E-state index in [0.29, 0.717) is 0 Å². The highest BCUT2D eigenvalue weighted by Crippen LogP contribution is 2.10. The molecule has 0 saturated heterocycles. The zero-order valence-corrected chi connectivity index (χ0v) is 16.3. The molecular weight excluding hydrogens is 316 g/mol. The first kappa shape index (κ1) is 21.5. The number of nitrogens with one attached hydrogen (secondary N) is 2. The number of rotatable bonds is 16. The van der Waals surface area contributed by atoms with Gasteiger partial charge in [0.2, 0.25) is 0 Å². The van der Waals surface area contributed by atoms with Crippen LogP contribution in [0.25, 0.3) is 0 Å². The monoisotopic (exact) mass is 352 g/mol. The van der Waals surface area contributed by atoms with Gasteiger partial charge in [-0.25, -0.2) is 0 Å². The van der Waals surface area contributed by atoms with Gasteiger partial charge in [0, 0.05) is 24.7 Å². The van der Waals surface area contributed by atoms with E-state index in [1.165, 1.54) is 69.8 Å². The van der Waals surface area contributed by atoms with E-state index in [4.69, 9.17) is 11.6 Å². The summed E-state index contributed by atoms with van der Waals surface area (Å²) in [4.78, 5) is 0. The summed E-state index contributed by atoms with van der Waals surface area (Å²) in [5.41, 5.74) is 1.29. The van der Waals surface area contributed by atoms with E-state index >= 15 is 0 Å². The van der Waals surface area contributed by atoms with Crippen molar-refractivity contribution in [2.45, 2.75) is 77.7 Å². The Hall–Kier alpha value is -0.570. The van der Waals surface area contributed by atoms with Crippen molar-refractivity contribution in [3.05, 3.63) is 34.9 Å². The van der Waals surface area contributed by atoms with E-state index < -0.39 is 0 Å². The third-order valence-electron chi connectivity index (χ3n) is 4.43. The van der Waals surface area contributed by atoms with E-state index in [9.17, 15) is 0 Å². The van der Waals surface area contributed by atoms with Gasteiger partial charge in [0.05, 0.1) is 0 Å². The second-order valence-electron chi connectivity index (χ2n) is 6.74. The van der Waals surface area contributed by atoms with Crippen LogP contribution in [0.5, 0.6) is 0 Å². The molecule has 0 spiro atoms. The highest BCUT2D eigenvalue weighted by Gasteiger charge is 1.94. The molecule has 0 aliphatic heterocycles. The lowest BCUT2D eigenvalue weighted by molar-refractivity contribution is 0.538. The lowest BCUT2D eigenvalue weighted by Gasteiger charge is -2.07. The van der Waals surface area contributed by atoms with Crippen molar-refractivity contribution in [1.82, 2.24) is 10.6 Å². The Labute approximate surface area is 154 Å². The van der Waals surface area contributed by atoms with Crippen molar-refractivity contribution in [3.63, 3.8) is 0 Å². The number of hydrogen-bond acceptors (Lipinski definition) is 2. The second-order valence-corrected chi connectivity index (χ2v) is 7.17. The van der Waals surface area contributed by atoms with Gasteiger partial charge < -0.3 is 10.6 Å². The van der Waals surface area contributed by atoms with Crippen LogP contribution in [0, 0.1) is 0 Å². The molecule has 1 aromatic rings. The average molecular weight is 353 g/mol. The Kier molecular flexibility index (Phi) is 14.3. The third kappa shape index (κ3) is 12.8. The summed E-state index contributed by atoms with van der Waals surface area (Å²) >= 11 is 5.88. The van der Waals surface area contributed by atoms with Gasteiger partial charge in [-0.3, -0.25) is 0 Å². The van der Waals surface area contributed by atoms with E-state index in [0.717, 1.165) is 31.2 Å². The van der Waals surface area contributed by atoms with E-state index in [1.54, 1.807) is 0 Å². The molecule has 2 N–H and O–H groups in total. The van der Waals surface area contributed by atoms with Crippen LogP contribution in [-0.2, 0) is 6.54 Å². The van der Waals surface area contributed by atoms with Crippen LogP contribution in [0.15, 0.2) is 24.3 Å². The summed E-state index contributed by atoms with van der Waals surface area (Å²) in [5, 5.41) is 7.78. The van der Waals surface area contributed by atoms with Gasteiger partial charge in [0.25, 0.3) is 0 Å². The van der Waals surface area contributed by atoms with Gasteiger partial charge in [-0.1, -0.05) is 88.4 Å². The first-order valence-electron chi connectivity index (χ1n) is 9.99. The molecule has 138 valence electrons.